The van der Waals surface area contributed by atoms with Crippen molar-refractivity contribution in [2.45, 2.75) is 19.9 Å². The Bertz CT molecular complexity index is 617. The van der Waals surface area contributed by atoms with E-state index in [1.54, 1.807) is 11.3 Å². The minimum absolute atomic E-state index is 0.0902. The standard InChI is InChI=1S/C13H15N3OS2/c1-8-11(12(14-2)19-15-8)13(17)16-5-3-10-9(7-16)4-6-18-10/h4,6,14H,3,5,7H2,1-2H3. The topological polar surface area (TPSA) is 45.2 Å². The number of aromatic nitrogens is 1. The van der Waals surface area contributed by atoms with E-state index in [4.69, 9.17) is 0 Å². The summed E-state index contributed by atoms with van der Waals surface area (Å²) in [5, 5.41) is 6.03. The first-order valence-corrected chi connectivity index (χ1v) is 7.84. The number of nitrogens with zero attached hydrogens (tertiary/aromatic N) is 2. The van der Waals surface area contributed by atoms with Crippen LogP contribution in [0.25, 0.3) is 0 Å². The first-order chi connectivity index (χ1) is 9.20. The maximum Gasteiger partial charge on any atom is 0.259 e. The van der Waals surface area contributed by atoms with E-state index in [1.807, 2.05) is 18.9 Å². The van der Waals surface area contributed by atoms with Crippen molar-refractivity contribution >= 4 is 33.8 Å². The van der Waals surface area contributed by atoms with E-state index < -0.39 is 0 Å². The van der Waals surface area contributed by atoms with E-state index in [9.17, 15) is 4.79 Å². The fourth-order valence-electron chi connectivity index (χ4n) is 2.37. The molecule has 3 heterocycles. The van der Waals surface area contributed by atoms with Gasteiger partial charge in [0.25, 0.3) is 5.91 Å². The molecule has 3 rings (SSSR count). The second-order valence-corrected chi connectivity index (χ2v) is 6.34. The summed E-state index contributed by atoms with van der Waals surface area (Å²) < 4.78 is 4.27. The van der Waals surface area contributed by atoms with E-state index >= 15 is 0 Å². The number of hydrogen-bond donors (Lipinski definition) is 1. The highest BCUT2D eigenvalue weighted by molar-refractivity contribution is 7.10. The number of fused-ring (bicyclic) bond motifs is 1. The molecule has 4 nitrogen and oxygen atoms in total. The molecule has 1 aliphatic heterocycles. The maximum atomic E-state index is 12.6. The van der Waals surface area contributed by atoms with Gasteiger partial charge < -0.3 is 10.2 Å². The first kappa shape index (κ1) is 12.6. The molecule has 0 atom stereocenters. The summed E-state index contributed by atoms with van der Waals surface area (Å²) >= 11 is 3.14. The average molecular weight is 293 g/mol. The van der Waals surface area contributed by atoms with Crippen LogP contribution in [0.4, 0.5) is 5.00 Å². The molecule has 0 fully saturated rings. The molecular formula is C13H15N3OS2. The third-order valence-electron chi connectivity index (χ3n) is 3.40. The summed E-state index contributed by atoms with van der Waals surface area (Å²) in [6.45, 7) is 3.41. The van der Waals surface area contributed by atoms with E-state index in [1.165, 1.54) is 22.0 Å². The van der Waals surface area contributed by atoms with Crippen LogP contribution in [0.2, 0.25) is 0 Å². The van der Waals surface area contributed by atoms with Crippen molar-refractivity contribution in [2.24, 2.45) is 0 Å². The lowest BCUT2D eigenvalue weighted by Gasteiger charge is -2.27. The number of anilines is 1. The molecule has 0 radical (unpaired) electrons. The van der Waals surface area contributed by atoms with Crippen molar-refractivity contribution in [1.82, 2.24) is 9.27 Å². The van der Waals surface area contributed by atoms with E-state index in [2.05, 4.69) is 21.1 Å². The third kappa shape index (κ3) is 2.15. The molecule has 19 heavy (non-hydrogen) atoms. The summed E-state index contributed by atoms with van der Waals surface area (Å²) in [6.07, 6.45) is 0.963. The van der Waals surface area contributed by atoms with E-state index in [0.29, 0.717) is 0 Å². The predicted octanol–water partition coefficient (Wildman–Crippen LogP) is 2.75. The largest absolute Gasteiger partial charge is 0.378 e. The van der Waals surface area contributed by atoms with Crippen molar-refractivity contribution in [3.63, 3.8) is 0 Å². The Morgan fingerprint density at radius 3 is 3.16 bits per heavy atom. The van der Waals surface area contributed by atoms with Gasteiger partial charge in [-0.2, -0.15) is 4.37 Å². The number of amides is 1. The maximum absolute atomic E-state index is 12.6. The summed E-state index contributed by atoms with van der Waals surface area (Å²) in [5.74, 6) is 0.0902. The van der Waals surface area contributed by atoms with Gasteiger partial charge in [0, 0.05) is 25.0 Å². The van der Waals surface area contributed by atoms with Crippen LogP contribution in [0.5, 0.6) is 0 Å². The molecule has 0 saturated heterocycles. The second-order valence-electron chi connectivity index (χ2n) is 4.57. The van der Waals surface area contributed by atoms with Gasteiger partial charge in [0.05, 0.1) is 11.3 Å². The zero-order chi connectivity index (χ0) is 13.4. The fraction of sp³-hybridized carbons (Fsp3) is 0.385. The van der Waals surface area contributed by atoms with Crippen LogP contribution in [0.3, 0.4) is 0 Å². The summed E-state index contributed by atoms with van der Waals surface area (Å²) in [4.78, 5) is 16.0. The third-order valence-corrected chi connectivity index (χ3v) is 5.38. The SMILES string of the molecule is CNc1snc(C)c1C(=O)N1CCc2sccc2C1. The van der Waals surface area contributed by atoms with Gasteiger partial charge in [-0.25, -0.2) is 0 Å². The molecular weight excluding hydrogens is 278 g/mol. The fourth-order valence-corrected chi connectivity index (χ4v) is 4.00. The predicted molar refractivity (Wildman–Crippen MR) is 79.2 cm³/mol. The normalized spacial score (nSPS) is 14.3. The van der Waals surface area contributed by atoms with Crippen LogP contribution >= 0.6 is 22.9 Å². The Balaban J connectivity index is 1.87. The van der Waals surface area contributed by atoms with Crippen molar-refractivity contribution in [3.8, 4) is 0 Å². The zero-order valence-corrected chi connectivity index (χ0v) is 12.5. The highest BCUT2D eigenvalue weighted by atomic mass is 32.1. The average Bonchev–Trinajstić information content (AvgIpc) is 3.02. The molecule has 0 saturated carbocycles. The van der Waals surface area contributed by atoms with Crippen molar-refractivity contribution in [2.75, 3.05) is 18.9 Å². The van der Waals surface area contributed by atoms with E-state index in [0.717, 1.165) is 35.8 Å². The molecule has 0 aromatic carbocycles. The minimum Gasteiger partial charge on any atom is -0.378 e. The molecule has 2 aromatic heterocycles. The zero-order valence-electron chi connectivity index (χ0n) is 10.9. The van der Waals surface area contributed by atoms with Gasteiger partial charge in [-0.3, -0.25) is 4.79 Å². The van der Waals surface area contributed by atoms with Gasteiger partial charge in [0.15, 0.2) is 0 Å². The molecule has 2 aromatic rings. The molecule has 1 N–H and O–H groups in total. The van der Waals surface area contributed by atoms with Crippen LogP contribution in [-0.2, 0) is 13.0 Å². The first-order valence-electron chi connectivity index (χ1n) is 6.19. The Morgan fingerprint density at radius 1 is 1.53 bits per heavy atom. The second kappa shape index (κ2) is 4.94. The van der Waals surface area contributed by atoms with Crippen LogP contribution < -0.4 is 5.32 Å². The lowest BCUT2D eigenvalue weighted by Crippen LogP contribution is -2.35. The summed E-state index contributed by atoms with van der Waals surface area (Å²) in [6, 6.07) is 2.12. The smallest absolute Gasteiger partial charge is 0.259 e. The van der Waals surface area contributed by atoms with Crippen LogP contribution in [0.15, 0.2) is 11.4 Å². The Labute approximate surface area is 120 Å². The number of thiophene rings is 1. The molecule has 0 unspecified atom stereocenters. The lowest BCUT2D eigenvalue weighted by atomic mass is 10.1. The van der Waals surface area contributed by atoms with Gasteiger partial charge in [-0.05, 0) is 41.9 Å². The van der Waals surface area contributed by atoms with Crippen LogP contribution in [-0.4, -0.2) is 28.8 Å². The number of carbonyl (C=O) groups excluding carboxylic acids is 1. The monoisotopic (exact) mass is 293 g/mol. The van der Waals surface area contributed by atoms with Crippen LogP contribution in [0, 0.1) is 6.92 Å². The summed E-state index contributed by atoms with van der Waals surface area (Å²) in [5.41, 5.74) is 2.83. The Morgan fingerprint density at radius 2 is 2.37 bits per heavy atom. The molecule has 1 amide bonds. The number of carbonyl (C=O) groups is 1. The number of rotatable bonds is 2. The Kier molecular flexibility index (Phi) is 3.28. The molecule has 100 valence electrons. The van der Waals surface area contributed by atoms with Gasteiger partial charge in [0.1, 0.15) is 5.00 Å². The number of hydrogen-bond acceptors (Lipinski definition) is 5. The van der Waals surface area contributed by atoms with Gasteiger partial charge in [0.2, 0.25) is 0 Å². The van der Waals surface area contributed by atoms with Gasteiger partial charge in [-0.15, -0.1) is 11.3 Å². The van der Waals surface area contributed by atoms with Crippen molar-refractivity contribution in [1.29, 1.82) is 0 Å². The van der Waals surface area contributed by atoms with Crippen molar-refractivity contribution in [3.05, 3.63) is 33.1 Å². The summed E-state index contributed by atoms with van der Waals surface area (Å²) in [7, 11) is 1.83. The van der Waals surface area contributed by atoms with Gasteiger partial charge in [-0.1, -0.05) is 0 Å². The number of nitrogens with one attached hydrogen (secondary N) is 1. The minimum atomic E-state index is 0.0902. The molecule has 0 aliphatic carbocycles. The molecule has 0 spiro atoms. The molecule has 1 aliphatic rings. The van der Waals surface area contributed by atoms with Crippen LogP contribution in [0.1, 0.15) is 26.5 Å². The quantitative estimate of drug-likeness (QED) is 0.926. The highest BCUT2D eigenvalue weighted by Crippen LogP contribution is 2.29. The Hall–Kier alpha value is -1.40. The molecule has 0 bridgehead atoms. The highest BCUT2D eigenvalue weighted by Gasteiger charge is 2.26. The van der Waals surface area contributed by atoms with E-state index in [-0.39, 0.29) is 5.91 Å². The molecule has 6 heteroatoms. The van der Waals surface area contributed by atoms with Crippen molar-refractivity contribution < 1.29 is 4.79 Å². The lowest BCUT2D eigenvalue weighted by molar-refractivity contribution is 0.0736. The van der Waals surface area contributed by atoms with Gasteiger partial charge >= 0.3 is 0 Å². The number of aryl methyl sites for hydroxylation is 1.